The number of carbonyl (C=O) groups excluding carboxylic acids is 2. The highest BCUT2D eigenvalue weighted by Gasteiger charge is 2.41. The number of hydrogen-bond acceptors (Lipinski definition) is 5. The number of ether oxygens (including phenoxy) is 1. The molecule has 29 heavy (non-hydrogen) atoms. The summed E-state index contributed by atoms with van der Waals surface area (Å²) < 4.78 is 5.04. The van der Waals surface area contributed by atoms with Crippen molar-refractivity contribution < 1.29 is 14.3 Å². The van der Waals surface area contributed by atoms with Crippen LogP contribution in [0.1, 0.15) is 23.6 Å². The zero-order valence-electron chi connectivity index (χ0n) is 16.6. The van der Waals surface area contributed by atoms with Gasteiger partial charge >= 0.3 is 5.97 Å². The summed E-state index contributed by atoms with van der Waals surface area (Å²) in [6.45, 7) is 5.81. The van der Waals surface area contributed by atoms with Crippen LogP contribution in [0.5, 0.6) is 0 Å². The Morgan fingerprint density at radius 1 is 1.10 bits per heavy atom. The van der Waals surface area contributed by atoms with Crippen LogP contribution in [-0.4, -0.2) is 23.7 Å². The van der Waals surface area contributed by atoms with Crippen molar-refractivity contribution in [2.45, 2.75) is 32.4 Å². The smallest absolute Gasteiger partial charge is 0.351 e. The van der Waals surface area contributed by atoms with Crippen molar-refractivity contribution in [3.8, 4) is 6.07 Å². The zero-order valence-corrected chi connectivity index (χ0v) is 17.5. The summed E-state index contributed by atoms with van der Waals surface area (Å²) in [5.74, 6) is -0.857. The largest absolute Gasteiger partial charge is 0.462 e. The summed E-state index contributed by atoms with van der Waals surface area (Å²) in [7, 11) is 0. The van der Waals surface area contributed by atoms with E-state index in [4.69, 9.17) is 4.74 Å². The van der Waals surface area contributed by atoms with E-state index < -0.39 is 11.2 Å². The van der Waals surface area contributed by atoms with Gasteiger partial charge in [-0.2, -0.15) is 5.26 Å². The standard InChI is InChI=1S/C23H22N2O3S/c1-4-28-23(27)19(14-24)22-25(18-11-7-16(3)8-12-18)21(26)20(29-22)13-17-9-5-15(2)6-10-17/h5-12,20H,4,13H2,1-3H3/b22-19+/t20-/m0/s1. The van der Waals surface area contributed by atoms with Gasteiger partial charge in [-0.3, -0.25) is 9.69 Å². The average molecular weight is 407 g/mol. The minimum absolute atomic E-state index is 0.141. The molecule has 0 unspecified atom stereocenters. The number of esters is 1. The Labute approximate surface area is 175 Å². The van der Waals surface area contributed by atoms with Crippen LogP contribution < -0.4 is 4.90 Å². The number of thioether (sulfide) groups is 1. The molecule has 1 aliphatic rings. The third-order valence-corrected chi connectivity index (χ3v) is 5.85. The molecule has 1 saturated heterocycles. The number of anilines is 1. The van der Waals surface area contributed by atoms with Crippen LogP contribution in [0.4, 0.5) is 5.69 Å². The third kappa shape index (κ3) is 4.52. The molecule has 0 bridgehead atoms. The highest BCUT2D eigenvalue weighted by Crippen LogP contribution is 2.42. The maximum atomic E-state index is 13.3. The number of rotatable bonds is 5. The Morgan fingerprint density at radius 3 is 2.24 bits per heavy atom. The molecule has 0 spiro atoms. The molecule has 6 heteroatoms. The Kier molecular flexibility index (Phi) is 6.40. The first-order valence-corrected chi connectivity index (χ1v) is 10.3. The summed E-state index contributed by atoms with van der Waals surface area (Å²) >= 11 is 1.24. The van der Waals surface area contributed by atoms with E-state index in [1.54, 1.807) is 6.92 Å². The van der Waals surface area contributed by atoms with Crippen molar-refractivity contribution in [1.82, 2.24) is 0 Å². The fraction of sp³-hybridized carbons (Fsp3) is 0.261. The summed E-state index contributed by atoms with van der Waals surface area (Å²) in [4.78, 5) is 27.1. The number of benzene rings is 2. The second-order valence-corrected chi connectivity index (χ2v) is 8.01. The average Bonchev–Trinajstić information content (AvgIpc) is 3.01. The van der Waals surface area contributed by atoms with E-state index in [0.717, 1.165) is 16.7 Å². The van der Waals surface area contributed by atoms with Crippen molar-refractivity contribution in [3.05, 3.63) is 75.8 Å². The monoisotopic (exact) mass is 406 g/mol. The normalized spacial score (nSPS) is 17.8. The summed E-state index contributed by atoms with van der Waals surface area (Å²) in [5.41, 5.74) is 3.72. The van der Waals surface area contributed by atoms with Gasteiger partial charge in [0.15, 0.2) is 5.57 Å². The first kappa shape index (κ1) is 20.7. The summed E-state index contributed by atoms with van der Waals surface area (Å²) in [5, 5.41) is 9.53. The minimum Gasteiger partial charge on any atom is -0.462 e. The molecule has 2 aromatic carbocycles. The highest BCUT2D eigenvalue weighted by molar-refractivity contribution is 8.05. The first-order valence-electron chi connectivity index (χ1n) is 9.39. The number of hydrogen-bond donors (Lipinski definition) is 0. The predicted molar refractivity (Wildman–Crippen MR) is 114 cm³/mol. The van der Waals surface area contributed by atoms with Gasteiger partial charge in [-0.15, -0.1) is 0 Å². The van der Waals surface area contributed by atoms with Gasteiger partial charge in [0.2, 0.25) is 5.91 Å². The molecule has 5 nitrogen and oxygen atoms in total. The van der Waals surface area contributed by atoms with E-state index in [-0.39, 0.29) is 18.1 Å². The Hall–Kier alpha value is -3.04. The Morgan fingerprint density at radius 2 is 1.69 bits per heavy atom. The number of aryl methyl sites for hydroxylation is 2. The van der Waals surface area contributed by atoms with E-state index >= 15 is 0 Å². The lowest BCUT2D eigenvalue weighted by molar-refractivity contribution is -0.138. The summed E-state index contributed by atoms with van der Waals surface area (Å²) in [6.07, 6.45) is 0.511. The van der Waals surface area contributed by atoms with E-state index in [0.29, 0.717) is 17.1 Å². The fourth-order valence-electron chi connectivity index (χ4n) is 3.04. The second-order valence-electron chi connectivity index (χ2n) is 6.82. The quantitative estimate of drug-likeness (QED) is 0.421. The van der Waals surface area contributed by atoms with Gasteiger partial charge < -0.3 is 4.74 Å². The third-order valence-electron chi connectivity index (χ3n) is 4.59. The van der Waals surface area contributed by atoms with E-state index in [9.17, 15) is 14.9 Å². The van der Waals surface area contributed by atoms with Gasteiger partial charge in [0, 0.05) is 5.69 Å². The molecule has 2 aromatic rings. The second kappa shape index (κ2) is 8.97. The molecular weight excluding hydrogens is 384 g/mol. The molecule has 1 fully saturated rings. The Balaban J connectivity index is 2.02. The van der Waals surface area contributed by atoms with Gasteiger partial charge in [0.25, 0.3) is 0 Å². The van der Waals surface area contributed by atoms with Crippen molar-refractivity contribution in [1.29, 1.82) is 5.26 Å². The van der Waals surface area contributed by atoms with Crippen LogP contribution in [0.2, 0.25) is 0 Å². The fourth-order valence-corrected chi connectivity index (χ4v) is 4.34. The molecule has 0 saturated carbocycles. The molecular formula is C23H22N2O3S. The lowest BCUT2D eigenvalue weighted by Gasteiger charge is -2.18. The lowest BCUT2D eigenvalue weighted by atomic mass is 10.1. The van der Waals surface area contributed by atoms with Crippen molar-refractivity contribution in [2.75, 3.05) is 11.5 Å². The van der Waals surface area contributed by atoms with Gasteiger partial charge in [-0.1, -0.05) is 59.3 Å². The maximum Gasteiger partial charge on any atom is 0.351 e. The van der Waals surface area contributed by atoms with Gasteiger partial charge in [-0.05, 0) is 44.9 Å². The molecule has 1 amide bonds. The SMILES string of the molecule is CCOC(=O)/C(C#N)=C1/S[C@@H](Cc2ccc(C)cc2)C(=O)N1c1ccc(C)cc1. The van der Waals surface area contributed by atoms with E-state index in [1.165, 1.54) is 16.7 Å². The molecule has 0 N–H and O–H groups in total. The Bertz CT molecular complexity index is 988. The molecule has 1 aliphatic heterocycles. The molecule has 148 valence electrons. The zero-order chi connectivity index (χ0) is 21.0. The number of nitrogens with zero attached hydrogens (tertiary/aromatic N) is 2. The van der Waals surface area contributed by atoms with Crippen LogP contribution in [0, 0.1) is 25.2 Å². The highest BCUT2D eigenvalue weighted by atomic mass is 32.2. The maximum absolute atomic E-state index is 13.3. The van der Waals surface area contributed by atoms with Crippen LogP contribution in [0.15, 0.2) is 59.1 Å². The molecule has 1 atom stereocenters. The number of amides is 1. The van der Waals surface area contributed by atoms with Gasteiger partial charge in [0.1, 0.15) is 11.1 Å². The molecule has 0 aromatic heterocycles. The van der Waals surface area contributed by atoms with Crippen LogP contribution in [-0.2, 0) is 20.7 Å². The molecule has 1 heterocycles. The van der Waals surface area contributed by atoms with Gasteiger partial charge in [0.05, 0.1) is 11.9 Å². The number of nitriles is 1. The van der Waals surface area contributed by atoms with Crippen molar-refractivity contribution in [2.24, 2.45) is 0 Å². The molecule has 0 aliphatic carbocycles. The molecule has 0 radical (unpaired) electrons. The first-order chi connectivity index (χ1) is 13.9. The predicted octanol–water partition coefficient (Wildman–Crippen LogP) is 4.29. The molecule has 3 rings (SSSR count). The van der Waals surface area contributed by atoms with Crippen LogP contribution >= 0.6 is 11.8 Å². The van der Waals surface area contributed by atoms with Crippen LogP contribution in [0.3, 0.4) is 0 Å². The number of carbonyl (C=O) groups is 2. The van der Waals surface area contributed by atoms with Gasteiger partial charge in [-0.25, -0.2) is 4.79 Å². The van der Waals surface area contributed by atoms with Crippen LogP contribution in [0.25, 0.3) is 0 Å². The lowest BCUT2D eigenvalue weighted by Crippen LogP contribution is -2.30. The van der Waals surface area contributed by atoms with Crippen molar-refractivity contribution >= 4 is 29.3 Å². The van der Waals surface area contributed by atoms with E-state index in [2.05, 4.69) is 0 Å². The minimum atomic E-state index is -0.710. The van der Waals surface area contributed by atoms with E-state index in [1.807, 2.05) is 68.4 Å². The summed E-state index contributed by atoms with van der Waals surface area (Å²) in [6, 6.07) is 17.4. The topological polar surface area (TPSA) is 70.4 Å². The van der Waals surface area contributed by atoms with Crippen molar-refractivity contribution in [3.63, 3.8) is 0 Å².